The van der Waals surface area contributed by atoms with Crippen molar-refractivity contribution in [1.29, 1.82) is 0 Å². The molecule has 0 bridgehead atoms. The number of nitrogens with one attached hydrogen (secondary N) is 1. The van der Waals surface area contributed by atoms with Gasteiger partial charge in [0.25, 0.3) is 0 Å². The van der Waals surface area contributed by atoms with Crippen molar-refractivity contribution < 1.29 is 14.3 Å². The first kappa shape index (κ1) is 18.8. The molecule has 1 heterocycles. The Labute approximate surface area is 160 Å². The van der Waals surface area contributed by atoms with Crippen LogP contribution >= 0.6 is 23.2 Å². The number of ether oxygens (including phenoxy) is 1. The summed E-state index contributed by atoms with van der Waals surface area (Å²) in [5.41, 5.74) is 2.18. The van der Waals surface area contributed by atoms with E-state index in [0.29, 0.717) is 33.3 Å². The molecule has 26 heavy (non-hydrogen) atoms. The molecule has 1 aromatic heterocycles. The van der Waals surface area contributed by atoms with Gasteiger partial charge < -0.3 is 14.3 Å². The molecule has 1 atom stereocenters. The van der Waals surface area contributed by atoms with Crippen LogP contribution in [0.2, 0.25) is 10.0 Å². The third kappa shape index (κ3) is 5.04. The first-order chi connectivity index (χ1) is 12.5. The Morgan fingerprint density at radius 1 is 1.12 bits per heavy atom. The normalized spacial score (nSPS) is 12.4. The molecule has 3 aromatic rings. The zero-order valence-electron chi connectivity index (χ0n) is 14.0. The van der Waals surface area contributed by atoms with Crippen molar-refractivity contribution in [3.05, 3.63) is 62.6 Å². The van der Waals surface area contributed by atoms with E-state index in [1.807, 2.05) is 12.1 Å². The van der Waals surface area contributed by atoms with E-state index >= 15 is 0 Å². The maximum Gasteiger partial charge on any atom is 0.417 e. The maximum absolute atomic E-state index is 11.1. The fraction of sp³-hybridized carbons (Fsp3) is 0.316. The number of rotatable bonds is 8. The van der Waals surface area contributed by atoms with Crippen LogP contribution in [0.25, 0.3) is 11.1 Å². The molecule has 0 spiro atoms. The maximum atomic E-state index is 11.1. The number of aryl methyl sites for hydroxylation is 1. The number of aliphatic hydroxyl groups is 1. The summed E-state index contributed by atoms with van der Waals surface area (Å²) in [4.78, 5) is 13.7. The molecule has 0 amide bonds. The zero-order valence-corrected chi connectivity index (χ0v) is 15.5. The number of oxazole rings is 1. The predicted octanol–water partition coefficient (Wildman–Crippen LogP) is 4.58. The van der Waals surface area contributed by atoms with E-state index in [0.717, 1.165) is 24.8 Å². The van der Waals surface area contributed by atoms with E-state index in [1.54, 1.807) is 24.3 Å². The Hall–Kier alpha value is -1.95. The van der Waals surface area contributed by atoms with E-state index in [2.05, 4.69) is 4.98 Å². The number of hydrogen-bond donors (Lipinski definition) is 2. The molecule has 0 radical (unpaired) electrons. The highest BCUT2D eigenvalue weighted by atomic mass is 35.5. The first-order valence-corrected chi connectivity index (χ1v) is 9.14. The summed E-state index contributed by atoms with van der Waals surface area (Å²) in [5, 5.41) is 11.2. The molecule has 0 aliphatic carbocycles. The van der Waals surface area contributed by atoms with Crippen LogP contribution in [0, 0.1) is 0 Å². The Bertz CT molecular complexity index is 935. The average Bonchev–Trinajstić information content (AvgIpc) is 2.99. The van der Waals surface area contributed by atoms with Crippen LogP contribution < -0.4 is 10.5 Å². The molecule has 2 N–H and O–H groups in total. The minimum absolute atomic E-state index is 0.187. The fourth-order valence-electron chi connectivity index (χ4n) is 2.70. The van der Waals surface area contributed by atoms with Crippen LogP contribution in [0.4, 0.5) is 0 Å². The lowest BCUT2D eigenvalue weighted by atomic mass is 10.1. The molecule has 0 fully saturated rings. The smallest absolute Gasteiger partial charge is 0.417 e. The van der Waals surface area contributed by atoms with Crippen LogP contribution in [-0.4, -0.2) is 22.8 Å². The van der Waals surface area contributed by atoms with Gasteiger partial charge in [-0.25, -0.2) is 4.79 Å². The molecule has 138 valence electrons. The SMILES string of the molecule is O=c1[nH]c2ccc(OCC(O)CCCCc3ccc(Cl)c(Cl)c3)cc2o1. The Kier molecular flexibility index (Phi) is 6.25. The van der Waals surface area contributed by atoms with Gasteiger partial charge in [0.2, 0.25) is 0 Å². The predicted molar refractivity (Wildman–Crippen MR) is 102 cm³/mol. The quantitative estimate of drug-likeness (QED) is 0.547. The van der Waals surface area contributed by atoms with Gasteiger partial charge in [0.15, 0.2) is 5.58 Å². The Balaban J connectivity index is 1.40. The first-order valence-electron chi connectivity index (χ1n) is 8.39. The highest BCUT2D eigenvalue weighted by Gasteiger charge is 2.08. The Morgan fingerprint density at radius 2 is 1.96 bits per heavy atom. The topological polar surface area (TPSA) is 75.5 Å². The van der Waals surface area contributed by atoms with Crippen LogP contribution in [0.15, 0.2) is 45.6 Å². The van der Waals surface area contributed by atoms with Crippen LogP contribution in [0.3, 0.4) is 0 Å². The molecule has 0 aliphatic heterocycles. The summed E-state index contributed by atoms with van der Waals surface area (Å²) in [7, 11) is 0. The largest absolute Gasteiger partial charge is 0.491 e. The summed E-state index contributed by atoms with van der Waals surface area (Å²) < 4.78 is 10.6. The highest BCUT2D eigenvalue weighted by Crippen LogP contribution is 2.23. The number of unbranched alkanes of at least 4 members (excludes halogenated alkanes) is 1. The number of fused-ring (bicyclic) bond motifs is 1. The lowest BCUT2D eigenvalue weighted by Gasteiger charge is -2.12. The van der Waals surface area contributed by atoms with Crippen molar-refractivity contribution in [2.75, 3.05) is 6.61 Å². The van der Waals surface area contributed by atoms with Crippen molar-refractivity contribution >= 4 is 34.3 Å². The summed E-state index contributed by atoms with van der Waals surface area (Å²) >= 11 is 11.9. The summed E-state index contributed by atoms with van der Waals surface area (Å²) in [6, 6.07) is 10.7. The fourth-order valence-corrected chi connectivity index (χ4v) is 3.02. The van der Waals surface area contributed by atoms with Crippen molar-refractivity contribution in [2.45, 2.75) is 31.8 Å². The van der Waals surface area contributed by atoms with Crippen molar-refractivity contribution in [3.63, 3.8) is 0 Å². The number of aromatic amines is 1. The number of H-pyrrole nitrogens is 1. The van der Waals surface area contributed by atoms with Gasteiger partial charge in [-0.3, -0.25) is 4.98 Å². The highest BCUT2D eigenvalue weighted by molar-refractivity contribution is 6.42. The third-order valence-electron chi connectivity index (χ3n) is 4.07. The van der Waals surface area contributed by atoms with Gasteiger partial charge in [0.1, 0.15) is 12.4 Å². The standard InChI is InChI=1S/C19H19Cl2NO4/c20-15-7-5-12(9-16(15)21)3-1-2-4-13(23)11-25-14-6-8-17-18(10-14)26-19(24)22-17/h5-10,13,23H,1-4,11H2,(H,22,24). The number of aromatic nitrogens is 1. The zero-order chi connectivity index (χ0) is 18.5. The van der Waals surface area contributed by atoms with Crippen LogP contribution in [0.5, 0.6) is 5.75 Å². The van der Waals surface area contributed by atoms with Crippen molar-refractivity contribution in [1.82, 2.24) is 4.98 Å². The van der Waals surface area contributed by atoms with Gasteiger partial charge in [0, 0.05) is 6.07 Å². The molecule has 5 nitrogen and oxygen atoms in total. The monoisotopic (exact) mass is 395 g/mol. The lowest BCUT2D eigenvalue weighted by Crippen LogP contribution is -2.17. The second-order valence-electron chi connectivity index (χ2n) is 6.13. The molecule has 7 heteroatoms. The van der Waals surface area contributed by atoms with E-state index < -0.39 is 11.9 Å². The van der Waals surface area contributed by atoms with Crippen molar-refractivity contribution in [3.8, 4) is 5.75 Å². The molecule has 0 saturated heterocycles. The number of hydrogen-bond acceptors (Lipinski definition) is 4. The molecule has 0 aliphatic rings. The second kappa shape index (κ2) is 8.62. The lowest BCUT2D eigenvalue weighted by molar-refractivity contribution is 0.0977. The number of halogens is 2. The van der Waals surface area contributed by atoms with Gasteiger partial charge in [-0.1, -0.05) is 35.7 Å². The minimum Gasteiger partial charge on any atom is -0.491 e. The second-order valence-corrected chi connectivity index (χ2v) is 6.95. The molecular weight excluding hydrogens is 377 g/mol. The molecular formula is C19H19Cl2NO4. The van der Waals surface area contributed by atoms with Gasteiger partial charge in [0.05, 0.1) is 21.7 Å². The van der Waals surface area contributed by atoms with E-state index in [1.165, 1.54) is 0 Å². The van der Waals surface area contributed by atoms with Crippen LogP contribution in [-0.2, 0) is 6.42 Å². The van der Waals surface area contributed by atoms with Gasteiger partial charge >= 0.3 is 5.76 Å². The average molecular weight is 396 g/mol. The molecule has 3 rings (SSSR count). The summed E-state index contributed by atoms with van der Waals surface area (Å²) in [6.07, 6.45) is 2.78. The van der Waals surface area contributed by atoms with Gasteiger partial charge in [-0.2, -0.15) is 0 Å². The van der Waals surface area contributed by atoms with E-state index in [9.17, 15) is 9.90 Å². The molecule has 1 unspecified atom stereocenters. The van der Waals surface area contributed by atoms with E-state index in [-0.39, 0.29) is 6.61 Å². The third-order valence-corrected chi connectivity index (χ3v) is 4.81. The van der Waals surface area contributed by atoms with E-state index in [4.69, 9.17) is 32.4 Å². The van der Waals surface area contributed by atoms with Crippen LogP contribution in [0.1, 0.15) is 24.8 Å². The summed E-state index contributed by atoms with van der Waals surface area (Å²) in [6.45, 7) is 0.187. The van der Waals surface area contributed by atoms with Crippen molar-refractivity contribution in [2.24, 2.45) is 0 Å². The minimum atomic E-state index is -0.558. The number of benzene rings is 2. The molecule has 0 saturated carbocycles. The number of aliphatic hydroxyl groups excluding tert-OH is 1. The van der Waals surface area contributed by atoms with Gasteiger partial charge in [-0.05, 0) is 49.1 Å². The Morgan fingerprint density at radius 3 is 2.77 bits per heavy atom. The molecule has 2 aromatic carbocycles. The van der Waals surface area contributed by atoms with Gasteiger partial charge in [-0.15, -0.1) is 0 Å². The summed E-state index contributed by atoms with van der Waals surface area (Å²) in [5.74, 6) is 0.0502.